The predicted molar refractivity (Wildman–Crippen MR) is 237 cm³/mol. The fraction of sp³-hybridized carbons (Fsp3) is 0. The Bertz CT molecular complexity index is 3250. The zero-order valence-electron chi connectivity index (χ0n) is 30.6. The molecular formula is C54H35NO. The first-order valence-corrected chi connectivity index (χ1v) is 19.2. The third kappa shape index (κ3) is 5.42. The maximum Gasteiger partial charge on any atom is 0.137 e. The first-order valence-electron chi connectivity index (χ1n) is 19.2. The number of nitrogens with zero attached hydrogens (tertiary/aromatic N) is 1. The van der Waals surface area contributed by atoms with Gasteiger partial charge < -0.3 is 9.32 Å². The summed E-state index contributed by atoms with van der Waals surface area (Å²) in [6.07, 6.45) is 0. The van der Waals surface area contributed by atoms with Crippen LogP contribution in [0.1, 0.15) is 0 Å². The second-order valence-electron chi connectivity index (χ2n) is 14.5. The van der Waals surface area contributed by atoms with Crippen molar-refractivity contribution in [2.45, 2.75) is 0 Å². The van der Waals surface area contributed by atoms with Crippen LogP contribution in [0.3, 0.4) is 0 Å². The molecule has 0 aliphatic carbocycles. The molecule has 0 fully saturated rings. The van der Waals surface area contributed by atoms with Crippen molar-refractivity contribution in [3.05, 3.63) is 212 Å². The molecule has 0 unspecified atom stereocenters. The SMILES string of the molecule is c1cc(-c2ccc3ccccc3c2)cc(N(c2ccc(-c3ccc(-c4cccc5c4ccc4ccccc45)cc3)cc2)c2cccc3oc4ccccc4c23)c1. The maximum absolute atomic E-state index is 6.38. The van der Waals surface area contributed by atoms with Gasteiger partial charge in [0.2, 0.25) is 0 Å². The van der Waals surface area contributed by atoms with Gasteiger partial charge in [-0.3, -0.25) is 0 Å². The van der Waals surface area contributed by atoms with Gasteiger partial charge in [0.25, 0.3) is 0 Å². The van der Waals surface area contributed by atoms with E-state index in [9.17, 15) is 0 Å². The van der Waals surface area contributed by atoms with Gasteiger partial charge in [0.1, 0.15) is 11.2 Å². The number of anilines is 3. The van der Waals surface area contributed by atoms with Gasteiger partial charge in [-0.25, -0.2) is 0 Å². The molecule has 0 amide bonds. The average molecular weight is 714 g/mol. The summed E-state index contributed by atoms with van der Waals surface area (Å²) in [7, 11) is 0. The summed E-state index contributed by atoms with van der Waals surface area (Å²) in [5.74, 6) is 0. The van der Waals surface area contributed by atoms with E-state index in [0.29, 0.717) is 0 Å². The third-order valence-electron chi connectivity index (χ3n) is 11.2. The van der Waals surface area contributed by atoms with Crippen molar-refractivity contribution in [2.75, 3.05) is 4.90 Å². The Morgan fingerprint density at radius 2 is 0.911 bits per heavy atom. The van der Waals surface area contributed by atoms with E-state index in [2.05, 4.69) is 205 Å². The highest BCUT2D eigenvalue weighted by Gasteiger charge is 2.20. The summed E-state index contributed by atoms with van der Waals surface area (Å²) in [5, 5.41) is 9.78. The fourth-order valence-electron chi connectivity index (χ4n) is 8.50. The highest BCUT2D eigenvalue weighted by Crippen LogP contribution is 2.44. The predicted octanol–water partition coefficient (Wildman–Crippen LogP) is 15.5. The van der Waals surface area contributed by atoms with Crippen molar-refractivity contribution in [3.63, 3.8) is 0 Å². The van der Waals surface area contributed by atoms with Crippen LogP contribution in [0.4, 0.5) is 17.1 Å². The van der Waals surface area contributed by atoms with Crippen LogP contribution in [-0.4, -0.2) is 0 Å². The van der Waals surface area contributed by atoms with E-state index in [1.54, 1.807) is 0 Å². The van der Waals surface area contributed by atoms with Crippen LogP contribution in [0.25, 0.3) is 87.6 Å². The molecule has 1 heterocycles. The van der Waals surface area contributed by atoms with Crippen LogP contribution < -0.4 is 4.90 Å². The maximum atomic E-state index is 6.38. The Balaban J connectivity index is 0.995. The molecule has 1 aromatic heterocycles. The molecule has 0 radical (unpaired) electrons. The minimum Gasteiger partial charge on any atom is -0.456 e. The van der Waals surface area contributed by atoms with E-state index in [1.807, 2.05) is 12.1 Å². The van der Waals surface area contributed by atoms with E-state index >= 15 is 0 Å². The quantitative estimate of drug-likeness (QED) is 0.160. The lowest BCUT2D eigenvalue weighted by atomic mass is 9.93. The number of hydrogen-bond donors (Lipinski definition) is 0. The van der Waals surface area contributed by atoms with E-state index in [0.717, 1.165) is 39.0 Å². The van der Waals surface area contributed by atoms with Crippen molar-refractivity contribution in [2.24, 2.45) is 0 Å². The summed E-state index contributed by atoms with van der Waals surface area (Å²) in [4.78, 5) is 2.37. The lowest BCUT2D eigenvalue weighted by Crippen LogP contribution is -2.10. The van der Waals surface area contributed by atoms with Crippen LogP contribution in [0.15, 0.2) is 217 Å². The summed E-state index contributed by atoms with van der Waals surface area (Å²) < 4.78 is 6.38. The Morgan fingerprint density at radius 1 is 0.304 bits per heavy atom. The smallest absolute Gasteiger partial charge is 0.137 e. The summed E-state index contributed by atoms with van der Waals surface area (Å²) in [6.45, 7) is 0. The van der Waals surface area contributed by atoms with Crippen molar-refractivity contribution < 1.29 is 4.42 Å². The molecule has 10 aromatic carbocycles. The Labute approximate surface area is 325 Å². The molecule has 0 N–H and O–H groups in total. The molecule has 262 valence electrons. The first-order chi connectivity index (χ1) is 27.7. The highest BCUT2D eigenvalue weighted by atomic mass is 16.3. The van der Waals surface area contributed by atoms with Gasteiger partial charge in [0, 0.05) is 16.8 Å². The van der Waals surface area contributed by atoms with E-state index in [1.165, 1.54) is 65.7 Å². The molecule has 0 atom stereocenters. The topological polar surface area (TPSA) is 16.4 Å². The normalized spacial score (nSPS) is 11.6. The number of para-hydroxylation sites is 1. The second kappa shape index (κ2) is 13.2. The number of rotatable bonds is 6. The van der Waals surface area contributed by atoms with E-state index in [4.69, 9.17) is 4.42 Å². The Hall–Kier alpha value is -7.42. The molecule has 56 heavy (non-hydrogen) atoms. The average Bonchev–Trinajstić information content (AvgIpc) is 3.66. The van der Waals surface area contributed by atoms with E-state index in [-0.39, 0.29) is 0 Å². The summed E-state index contributed by atoms with van der Waals surface area (Å²) in [5.41, 5.74) is 12.1. The van der Waals surface area contributed by atoms with Crippen molar-refractivity contribution in [1.82, 2.24) is 0 Å². The molecule has 2 heteroatoms. The van der Waals surface area contributed by atoms with Crippen LogP contribution in [0.2, 0.25) is 0 Å². The van der Waals surface area contributed by atoms with Crippen molar-refractivity contribution in [1.29, 1.82) is 0 Å². The molecule has 2 nitrogen and oxygen atoms in total. The van der Waals surface area contributed by atoms with Crippen LogP contribution in [-0.2, 0) is 0 Å². The molecular weight excluding hydrogens is 679 g/mol. The standard InChI is InChI=1S/C54H35NO/c1-2-12-41-34-43(27-24-36(41)10-1)42-13-7-14-45(35-42)55(51-19-9-21-53-54(51)50-16-5-6-20-52(50)56-53)44-31-28-38(29-32-44)37-22-25-40(26-23-37)47-17-8-18-48-46-15-4-3-11-39(46)30-33-49(47)48/h1-35H. The lowest BCUT2D eigenvalue weighted by molar-refractivity contribution is 0.669. The summed E-state index contributed by atoms with van der Waals surface area (Å²) >= 11 is 0. The molecule has 0 spiro atoms. The third-order valence-corrected chi connectivity index (χ3v) is 11.2. The second-order valence-corrected chi connectivity index (χ2v) is 14.5. The molecule has 0 aliphatic heterocycles. The van der Waals surface area contributed by atoms with Gasteiger partial charge >= 0.3 is 0 Å². The van der Waals surface area contributed by atoms with Crippen LogP contribution >= 0.6 is 0 Å². The molecule has 0 bridgehead atoms. The zero-order chi connectivity index (χ0) is 37.0. The monoisotopic (exact) mass is 713 g/mol. The summed E-state index contributed by atoms with van der Waals surface area (Å²) in [6, 6.07) is 76.5. The number of benzene rings is 10. The lowest BCUT2D eigenvalue weighted by Gasteiger charge is -2.27. The van der Waals surface area contributed by atoms with Gasteiger partial charge in [0.15, 0.2) is 0 Å². The first kappa shape index (κ1) is 32.0. The number of furan rings is 1. The number of fused-ring (bicyclic) bond motifs is 7. The number of hydrogen-bond acceptors (Lipinski definition) is 2. The van der Waals surface area contributed by atoms with Gasteiger partial charge in [-0.15, -0.1) is 0 Å². The van der Waals surface area contributed by atoms with Gasteiger partial charge in [0.05, 0.1) is 11.1 Å². The zero-order valence-corrected chi connectivity index (χ0v) is 30.6. The molecule has 0 saturated carbocycles. The molecule has 0 saturated heterocycles. The van der Waals surface area contributed by atoms with Gasteiger partial charge in [-0.1, -0.05) is 164 Å². The molecule has 0 aliphatic rings. The Kier molecular flexibility index (Phi) is 7.53. The van der Waals surface area contributed by atoms with Gasteiger partial charge in [-0.05, 0) is 114 Å². The minimum atomic E-state index is 0.871. The van der Waals surface area contributed by atoms with Crippen molar-refractivity contribution in [3.8, 4) is 33.4 Å². The van der Waals surface area contributed by atoms with Crippen LogP contribution in [0, 0.1) is 0 Å². The highest BCUT2D eigenvalue weighted by molar-refractivity contribution is 6.14. The molecule has 11 aromatic rings. The van der Waals surface area contributed by atoms with Gasteiger partial charge in [-0.2, -0.15) is 0 Å². The van der Waals surface area contributed by atoms with E-state index < -0.39 is 0 Å². The minimum absolute atomic E-state index is 0.871. The van der Waals surface area contributed by atoms with Crippen LogP contribution in [0.5, 0.6) is 0 Å². The fourth-order valence-corrected chi connectivity index (χ4v) is 8.50. The van der Waals surface area contributed by atoms with Crippen molar-refractivity contribution >= 4 is 71.3 Å². The largest absolute Gasteiger partial charge is 0.456 e. The molecule has 11 rings (SSSR count). The Morgan fingerprint density at radius 3 is 1.77 bits per heavy atom.